The first-order valence-corrected chi connectivity index (χ1v) is 4.27. The van der Waals surface area contributed by atoms with E-state index in [1.54, 1.807) is 0 Å². The molecule has 1 heterocycles. The monoisotopic (exact) mass is 160 g/mol. The van der Waals surface area contributed by atoms with Crippen LogP contribution < -0.4 is 0 Å². The molecule has 0 aliphatic carbocycles. The Morgan fingerprint density at radius 1 is 1.33 bits per heavy atom. The van der Waals surface area contributed by atoms with E-state index >= 15 is 0 Å². The summed E-state index contributed by atoms with van der Waals surface area (Å²) in [5.74, 6) is 0.406. The fourth-order valence-electron chi connectivity index (χ4n) is 1.48. The first-order valence-electron chi connectivity index (χ1n) is 4.77. The summed E-state index contributed by atoms with van der Waals surface area (Å²) in [5.41, 5.74) is 2.19. The predicted molar refractivity (Wildman–Crippen MR) is 52.4 cm³/mol. The third-order valence-electron chi connectivity index (χ3n) is 2.13. The number of fused-ring (bicyclic) bond motifs is 1. The molecule has 0 bridgehead atoms. The Morgan fingerprint density at radius 3 is 2.83 bits per heavy atom. The van der Waals surface area contributed by atoms with Gasteiger partial charge in [-0.2, -0.15) is 0 Å². The number of para-hydroxylation sites is 1. The maximum Gasteiger partial charge on any atom is 0.0819 e. The minimum absolute atomic E-state index is 0.406. The van der Waals surface area contributed by atoms with Crippen LogP contribution in [0, 0.1) is 0 Å². The smallest absolute Gasteiger partial charge is 0.0819 e. The van der Waals surface area contributed by atoms with E-state index in [1.807, 2.05) is 18.2 Å². The van der Waals surface area contributed by atoms with Crippen LogP contribution in [-0.2, 0) is 0 Å². The summed E-state index contributed by atoms with van der Waals surface area (Å²) in [7, 11) is 0. The summed E-state index contributed by atoms with van der Waals surface area (Å²) in [6, 6.07) is 8.09. The van der Waals surface area contributed by atoms with Crippen LogP contribution in [0.15, 0.2) is 30.4 Å². The summed E-state index contributed by atoms with van der Waals surface area (Å²) in [6.07, 6.45) is 0.552. The van der Waals surface area contributed by atoms with Crippen LogP contribution in [0.4, 0.5) is 0 Å². The van der Waals surface area contributed by atoms with E-state index in [9.17, 15) is 0 Å². The number of hydrogen-bond donors (Lipinski definition) is 1. The van der Waals surface area contributed by atoms with E-state index in [0.717, 1.165) is 11.1 Å². The largest absolute Gasteiger partial charge is 0.361 e. The average Bonchev–Trinajstić information content (AvgIpc) is 2.39. The summed E-state index contributed by atoms with van der Waals surface area (Å²) in [5, 5.41) is 1.18. The van der Waals surface area contributed by atoms with Crippen molar-refractivity contribution in [3.05, 3.63) is 36.0 Å². The lowest BCUT2D eigenvalue weighted by Gasteiger charge is -2.00. The lowest BCUT2D eigenvalue weighted by atomic mass is 10.0. The number of aromatic nitrogens is 1. The molecular formula is C11H13N. The number of rotatable bonds is 1. The van der Waals surface area contributed by atoms with Crippen molar-refractivity contribution in [3.63, 3.8) is 0 Å². The number of hydrogen-bond acceptors (Lipinski definition) is 0. The van der Waals surface area contributed by atoms with Gasteiger partial charge in [-0.1, -0.05) is 32.0 Å². The summed E-state index contributed by atoms with van der Waals surface area (Å²) in [6.45, 7) is 4.24. The highest BCUT2D eigenvalue weighted by Gasteiger charge is 2.04. The summed E-state index contributed by atoms with van der Waals surface area (Å²) in [4.78, 5) is 3.08. The van der Waals surface area contributed by atoms with Gasteiger partial charge in [-0.3, -0.25) is 0 Å². The van der Waals surface area contributed by atoms with Gasteiger partial charge in [-0.15, -0.1) is 0 Å². The molecule has 2 rings (SSSR count). The molecule has 0 saturated carbocycles. The standard InChI is InChI=1S/C11H13N/c1-8(2)10-7-12-11-6-4-3-5-9(10)11/h3-8,12H,1-2H3/i7D. The van der Waals surface area contributed by atoms with E-state index < -0.39 is 0 Å². The van der Waals surface area contributed by atoms with Crippen LogP contribution in [0.2, 0.25) is 0 Å². The van der Waals surface area contributed by atoms with E-state index in [1.165, 1.54) is 5.39 Å². The lowest BCUT2D eigenvalue weighted by Crippen LogP contribution is -1.82. The van der Waals surface area contributed by atoms with Crippen LogP contribution in [0.3, 0.4) is 0 Å². The van der Waals surface area contributed by atoms with E-state index in [4.69, 9.17) is 1.37 Å². The molecule has 0 fully saturated rings. The van der Waals surface area contributed by atoms with Gasteiger partial charge in [-0.05, 0) is 17.5 Å². The van der Waals surface area contributed by atoms with Gasteiger partial charge in [0.05, 0.1) is 1.37 Å². The first-order chi connectivity index (χ1) is 6.20. The number of benzene rings is 1. The molecule has 0 aliphatic rings. The van der Waals surface area contributed by atoms with Crippen molar-refractivity contribution < 1.29 is 1.37 Å². The molecular weight excluding hydrogens is 146 g/mol. The molecule has 0 unspecified atom stereocenters. The van der Waals surface area contributed by atoms with Gasteiger partial charge >= 0.3 is 0 Å². The van der Waals surface area contributed by atoms with Crippen molar-refractivity contribution >= 4 is 10.9 Å². The lowest BCUT2D eigenvalue weighted by molar-refractivity contribution is 0.875. The van der Waals surface area contributed by atoms with Crippen LogP contribution >= 0.6 is 0 Å². The van der Waals surface area contributed by atoms with Crippen molar-refractivity contribution in [1.82, 2.24) is 4.98 Å². The van der Waals surface area contributed by atoms with Crippen LogP contribution in [-0.4, -0.2) is 4.98 Å². The van der Waals surface area contributed by atoms with E-state index in [0.29, 0.717) is 12.1 Å². The van der Waals surface area contributed by atoms with Crippen molar-refractivity contribution in [1.29, 1.82) is 0 Å². The average molecular weight is 160 g/mol. The molecule has 1 N–H and O–H groups in total. The molecule has 0 radical (unpaired) electrons. The molecule has 1 aromatic heterocycles. The number of H-pyrrole nitrogens is 1. The topological polar surface area (TPSA) is 15.8 Å². The summed E-state index contributed by atoms with van der Waals surface area (Å²) < 4.78 is 7.77. The molecule has 1 nitrogen and oxygen atoms in total. The van der Waals surface area contributed by atoms with Crippen LogP contribution in [0.25, 0.3) is 10.9 Å². The van der Waals surface area contributed by atoms with Gasteiger partial charge in [0.2, 0.25) is 0 Å². The zero-order valence-corrected chi connectivity index (χ0v) is 7.39. The zero-order valence-electron chi connectivity index (χ0n) is 8.39. The van der Waals surface area contributed by atoms with Crippen molar-refractivity contribution in [3.8, 4) is 0 Å². The summed E-state index contributed by atoms with van der Waals surface area (Å²) >= 11 is 0. The molecule has 0 atom stereocenters. The van der Waals surface area contributed by atoms with Crippen molar-refractivity contribution in [2.75, 3.05) is 0 Å². The first kappa shape index (κ1) is 6.30. The fraction of sp³-hybridized carbons (Fsp3) is 0.273. The van der Waals surface area contributed by atoms with E-state index in [-0.39, 0.29) is 0 Å². The molecule has 2 aromatic rings. The van der Waals surface area contributed by atoms with Crippen LogP contribution in [0.1, 0.15) is 26.7 Å². The Labute approximate surface area is 73.8 Å². The van der Waals surface area contributed by atoms with Crippen molar-refractivity contribution in [2.45, 2.75) is 19.8 Å². The maximum absolute atomic E-state index is 7.77. The van der Waals surface area contributed by atoms with Gasteiger partial charge in [0.15, 0.2) is 0 Å². The molecule has 12 heavy (non-hydrogen) atoms. The number of aromatic amines is 1. The van der Waals surface area contributed by atoms with Gasteiger partial charge in [-0.25, -0.2) is 0 Å². The Bertz CT molecular complexity index is 429. The molecule has 0 spiro atoms. The third-order valence-corrected chi connectivity index (χ3v) is 2.13. The SMILES string of the molecule is [2H]c1[nH]c2ccccc2c1C(C)C. The quantitative estimate of drug-likeness (QED) is 0.658. The second-order valence-corrected chi connectivity index (χ2v) is 3.36. The Morgan fingerprint density at radius 2 is 2.08 bits per heavy atom. The Kier molecular flexibility index (Phi) is 1.40. The Balaban J connectivity index is 2.78. The minimum atomic E-state index is 0.406. The second-order valence-electron chi connectivity index (χ2n) is 3.36. The van der Waals surface area contributed by atoms with Gasteiger partial charge < -0.3 is 4.98 Å². The Hall–Kier alpha value is -1.24. The maximum atomic E-state index is 7.77. The number of nitrogens with one attached hydrogen (secondary N) is 1. The highest BCUT2D eigenvalue weighted by Crippen LogP contribution is 2.24. The molecule has 0 amide bonds. The van der Waals surface area contributed by atoms with Gasteiger partial charge in [0.1, 0.15) is 0 Å². The highest BCUT2D eigenvalue weighted by molar-refractivity contribution is 5.83. The normalized spacial score (nSPS) is 12.4. The molecule has 1 aromatic carbocycles. The van der Waals surface area contributed by atoms with Gasteiger partial charge in [0, 0.05) is 17.1 Å². The predicted octanol–water partition coefficient (Wildman–Crippen LogP) is 3.29. The highest BCUT2D eigenvalue weighted by atomic mass is 14.7. The third kappa shape index (κ3) is 1.02. The minimum Gasteiger partial charge on any atom is -0.361 e. The molecule has 0 saturated heterocycles. The van der Waals surface area contributed by atoms with Crippen molar-refractivity contribution in [2.24, 2.45) is 0 Å². The fourth-order valence-corrected chi connectivity index (χ4v) is 1.48. The molecule has 0 aliphatic heterocycles. The van der Waals surface area contributed by atoms with Gasteiger partial charge in [0.25, 0.3) is 0 Å². The molecule has 1 heteroatoms. The second kappa shape index (κ2) is 2.67. The van der Waals surface area contributed by atoms with E-state index in [2.05, 4.69) is 24.9 Å². The zero-order chi connectivity index (χ0) is 9.42. The van der Waals surface area contributed by atoms with Crippen LogP contribution in [0.5, 0.6) is 0 Å². The molecule has 62 valence electrons.